The molecule has 0 bridgehead atoms. The molecule has 0 radical (unpaired) electrons. The van der Waals surface area contributed by atoms with Gasteiger partial charge < -0.3 is 10.2 Å². The van der Waals surface area contributed by atoms with Crippen molar-refractivity contribution >= 4 is 63.9 Å². The zero-order valence-corrected chi connectivity index (χ0v) is 21.7. The Morgan fingerprint density at radius 3 is 2.71 bits per heavy atom. The van der Waals surface area contributed by atoms with Crippen LogP contribution in [0.25, 0.3) is 32.2 Å². The fourth-order valence-corrected chi connectivity index (χ4v) is 5.35. The third-order valence-corrected chi connectivity index (χ3v) is 7.59. The Labute approximate surface area is 210 Å². The van der Waals surface area contributed by atoms with Crippen LogP contribution in [0.1, 0.15) is 0 Å². The molecule has 2 aromatic heterocycles. The zero-order valence-electron chi connectivity index (χ0n) is 19.1. The minimum atomic E-state index is -1.63. The number of carbonyl (C=O) groups is 1. The maximum Gasteiger partial charge on any atom is 0.298 e. The topological polar surface area (TPSA) is 71.0 Å². The minimum Gasteiger partial charge on any atom is -0.363 e. The molecular weight excluding hydrogens is 508 g/mol. The summed E-state index contributed by atoms with van der Waals surface area (Å²) >= 11 is 7.68. The number of likely N-dealkylation sites (tertiary alicyclic amines) is 1. The van der Waals surface area contributed by atoms with Crippen molar-refractivity contribution in [2.45, 2.75) is 25.7 Å². The van der Waals surface area contributed by atoms with E-state index in [-0.39, 0.29) is 28.1 Å². The number of hydrogen-bond acceptors (Lipinski definition) is 6. The summed E-state index contributed by atoms with van der Waals surface area (Å²) in [4.78, 5) is 26.5. The molecule has 0 aliphatic carbocycles. The van der Waals surface area contributed by atoms with Crippen LogP contribution in [-0.2, 0) is 4.79 Å². The zero-order chi connectivity index (χ0) is 24.9. The molecule has 0 atom stereocenters. The van der Waals surface area contributed by atoms with Crippen molar-refractivity contribution in [2.24, 2.45) is 0 Å². The number of carbonyl (C=O) groups excluding carboxylic acids is 1. The molecule has 35 heavy (non-hydrogen) atoms. The van der Waals surface area contributed by atoms with Gasteiger partial charge in [0.25, 0.3) is 5.91 Å². The molecule has 3 heterocycles. The summed E-state index contributed by atoms with van der Waals surface area (Å²) in [5, 5.41) is 3.81. The first kappa shape index (κ1) is 23.6. The first-order valence-corrected chi connectivity index (χ1v) is 15.6. The van der Waals surface area contributed by atoms with Crippen molar-refractivity contribution in [1.29, 1.82) is 0 Å². The van der Waals surface area contributed by atoms with E-state index in [9.17, 15) is 9.18 Å². The molecule has 0 unspecified atom stereocenters. The van der Waals surface area contributed by atoms with Gasteiger partial charge in [0.1, 0.15) is 31.6 Å². The van der Waals surface area contributed by atoms with E-state index in [4.69, 9.17) is 11.6 Å². The molecule has 6 nitrogen and oxygen atoms in total. The summed E-state index contributed by atoms with van der Waals surface area (Å²) in [5.74, 6) is 1.92. The highest BCUT2D eigenvalue weighted by atomic mass is 35.5. The summed E-state index contributed by atoms with van der Waals surface area (Å²) < 4.78 is 30.2. The van der Waals surface area contributed by atoms with Crippen LogP contribution in [0.2, 0.25) is 24.7 Å². The number of anilines is 1. The average Bonchev–Trinajstić information content (AvgIpc) is 3.27. The Kier molecular flexibility index (Phi) is 5.95. The molecule has 2 aromatic carbocycles. The number of halogens is 3. The Hall–Kier alpha value is -3.13. The molecule has 1 saturated heterocycles. The van der Waals surface area contributed by atoms with Gasteiger partial charge >= 0.3 is 0 Å². The van der Waals surface area contributed by atoms with Gasteiger partial charge in [0, 0.05) is 29.6 Å². The molecule has 0 spiro atoms. The van der Waals surface area contributed by atoms with Crippen LogP contribution in [0, 0.1) is 23.1 Å². The Balaban J connectivity index is 1.44. The Morgan fingerprint density at radius 1 is 1.20 bits per heavy atom. The number of amides is 1. The van der Waals surface area contributed by atoms with E-state index in [2.05, 4.69) is 51.4 Å². The number of nitrogens with one attached hydrogen (secondary N) is 1. The highest BCUT2D eigenvalue weighted by Gasteiger charge is 2.31. The van der Waals surface area contributed by atoms with Gasteiger partial charge in [0.05, 0.1) is 26.8 Å². The minimum absolute atomic E-state index is 0.0565. The fourth-order valence-electron chi connectivity index (χ4n) is 3.86. The molecule has 178 valence electrons. The summed E-state index contributed by atoms with van der Waals surface area (Å²) in [6, 6.07) is 4.29. The second kappa shape index (κ2) is 8.82. The number of rotatable bonds is 3. The molecule has 1 amide bonds. The Bertz CT molecular complexity index is 1550. The second-order valence-electron chi connectivity index (χ2n) is 9.34. The molecule has 0 saturated carbocycles. The molecule has 1 N–H and O–H groups in total. The van der Waals surface area contributed by atoms with Crippen molar-refractivity contribution in [1.82, 2.24) is 19.9 Å². The number of benzene rings is 2. The largest absolute Gasteiger partial charge is 0.363 e. The van der Waals surface area contributed by atoms with Crippen LogP contribution < -0.4 is 5.32 Å². The molecule has 4 aromatic rings. The number of hydrogen-bond donors (Lipinski definition) is 1. The van der Waals surface area contributed by atoms with Crippen molar-refractivity contribution in [3.05, 3.63) is 46.7 Å². The highest BCUT2D eigenvalue weighted by molar-refractivity contribution is 7.16. The van der Waals surface area contributed by atoms with Crippen LogP contribution in [0.5, 0.6) is 0 Å². The first-order chi connectivity index (χ1) is 16.6. The number of thiazole rings is 1. The molecular formula is C24H20ClF2N5OSSi. The quantitative estimate of drug-likeness (QED) is 0.287. The van der Waals surface area contributed by atoms with Crippen molar-refractivity contribution < 1.29 is 13.6 Å². The highest BCUT2D eigenvalue weighted by Crippen LogP contribution is 2.40. The first-order valence-electron chi connectivity index (χ1n) is 10.9. The van der Waals surface area contributed by atoms with Crippen LogP contribution in [-0.4, -0.2) is 53.0 Å². The lowest BCUT2D eigenvalue weighted by molar-refractivity contribution is -0.128. The SMILES string of the molecule is C[Si](C)(C)C#CC(=O)N1CC(Nc2ncnc3c(F)c(-c4ccc(F)c5scnc45)c(Cl)cc23)C1. The summed E-state index contributed by atoms with van der Waals surface area (Å²) in [5.41, 5.74) is 5.53. The summed E-state index contributed by atoms with van der Waals surface area (Å²) in [6.45, 7) is 7.18. The van der Waals surface area contributed by atoms with Crippen LogP contribution >= 0.6 is 22.9 Å². The van der Waals surface area contributed by atoms with Gasteiger partial charge in [-0.15, -0.1) is 16.9 Å². The molecule has 11 heteroatoms. The lowest BCUT2D eigenvalue weighted by Gasteiger charge is -2.38. The molecule has 1 fully saturated rings. The van der Waals surface area contributed by atoms with Gasteiger partial charge in [0.2, 0.25) is 0 Å². The van der Waals surface area contributed by atoms with E-state index < -0.39 is 19.7 Å². The number of nitrogens with zero attached hydrogens (tertiary/aromatic N) is 4. The summed E-state index contributed by atoms with van der Waals surface area (Å²) in [6.07, 6.45) is 1.27. The monoisotopic (exact) mass is 527 g/mol. The van der Waals surface area contributed by atoms with E-state index >= 15 is 4.39 Å². The van der Waals surface area contributed by atoms with Gasteiger partial charge in [-0.1, -0.05) is 31.2 Å². The van der Waals surface area contributed by atoms with Crippen LogP contribution in [0.3, 0.4) is 0 Å². The van der Waals surface area contributed by atoms with Gasteiger partial charge in [0.15, 0.2) is 5.82 Å². The van der Waals surface area contributed by atoms with Gasteiger partial charge in [-0.25, -0.2) is 23.7 Å². The number of aromatic nitrogens is 3. The smallest absolute Gasteiger partial charge is 0.298 e. The van der Waals surface area contributed by atoms with Crippen molar-refractivity contribution in [3.63, 3.8) is 0 Å². The van der Waals surface area contributed by atoms with Crippen LogP contribution in [0.15, 0.2) is 30.0 Å². The van der Waals surface area contributed by atoms with Crippen LogP contribution in [0.4, 0.5) is 14.6 Å². The predicted molar refractivity (Wildman–Crippen MR) is 138 cm³/mol. The standard InChI is InChI=1S/C24H20ClF2N5OSSi/c1-35(2,3)7-6-18(33)32-9-13(10-32)31-24-15-8-16(25)19(20(27)21(15)28-11-29-24)14-4-5-17(26)23-22(14)30-12-34-23/h4-5,8,11-13H,9-10H2,1-3H3,(H,28,29,31). The van der Waals surface area contributed by atoms with Gasteiger partial charge in [-0.05, 0) is 24.1 Å². The fraction of sp³-hybridized carbons (Fsp3) is 0.250. The van der Waals surface area contributed by atoms with Crippen molar-refractivity contribution in [3.8, 4) is 22.6 Å². The van der Waals surface area contributed by atoms with E-state index in [1.807, 2.05) is 0 Å². The number of fused-ring (bicyclic) bond motifs is 2. The lowest BCUT2D eigenvalue weighted by Crippen LogP contribution is -2.56. The maximum absolute atomic E-state index is 15.7. The predicted octanol–water partition coefficient (Wildman–Crippen LogP) is 5.34. The maximum atomic E-state index is 15.7. The summed E-state index contributed by atoms with van der Waals surface area (Å²) in [7, 11) is -1.63. The third-order valence-electron chi connectivity index (χ3n) is 5.58. The van der Waals surface area contributed by atoms with E-state index in [1.165, 1.54) is 24.0 Å². The van der Waals surface area contributed by atoms with Crippen molar-refractivity contribution in [2.75, 3.05) is 18.4 Å². The third kappa shape index (κ3) is 4.47. The molecule has 1 aliphatic rings. The Morgan fingerprint density at radius 2 is 1.97 bits per heavy atom. The normalized spacial score (nSPS) is 14.1. The van der Waals surface area contributed by atoms with E-state index in [1.54, 1.807) is 11.0 Å². The molecule has 5 rings (SSSR count). The van der Waals surface area contributed by atoms with Gasteiger partial charge in [-0.3, -0.25) is 4.79 Å². The average molecular weight is 528 g/mol. The van der Waals surface area contributed by atoms with E-state index in [0.717, 1.165) is 11.3 Å². The molecule has 1 aliphatic heterocycles. The second-order valence-corrected chi connectivity index (χ2v) is 15.4. The lowest BCUT2D eigenvalue weighted by atomic mass is 10.0. The van der Waals surface area contributed by atoms with E-state index in [0.29, 0.717) is 40.1 Å². The van der Waals surface area contributed by atoms with Gasteiger partial charge in [-0.2, -0.15) is 0 Å².